The molecular weight excluding hydrogens is 244 g/mol. The number of aliphatic hydroxyl groups excluding tert-OH is 3. The van der Waals surface area contributed by atoms with E-state index in [1.807, 2.05) is 0 Å². The molecule has 100 valence electrons. The molecule has 0 aromatic carbocycles. The smallest absolute Gasteiger partial charge is 0.271 e. The van der Waals surface area contributed by atoms with Crippen molar-refractivity contribution in [1.29, 1.82) is 0 Å². The van der Waals surface area contributed by atoms with Gasteiger partial charge in [0, 0.05) is 0 Å². The fourth-order valence-corrected chi connectivity index (χ4v) is 1.87. The monoisotopic (exact) mass is 258 g/mol. The predicted molar refractivity (Wildman–Crippen MR) is 58.2 cm³/mol. The summed E-state index contributed by atoms with van der Waals surface area (Å²) in [6.45, 7) is -0.452. The number of amides is 1. The molecule has 9 heteroatoms. The van der Waals surface area contributed by atoms with Gasteiger partial charge in [0.05, 0.1) is 12.9 Å². The van der Waals surface area contributed by atoms with Gasteiger partial charge >= 0.3 is 0 Å². The molecule has 0 spiro atoms. The van der Waals surface area contributed by atoms with E-state index in [-0.39, 0.29) is 11.5 Å². The highest BCUT2D eigenvalue weighted by Gasteiger charge is 2.44. The van der Waals surface area contributed by atoms with Crippen molar-refractivity contribution in [2.24, 2.45) is 5.73 Å². The van der Waals surface area contributed by atoms with Crippen molar-refractivity contribution >= 4 is 11.7 Å². The average molecular weight is 258 g/mol. The first-order valence-electron chi connectivity index (χ1n) is 5.22. The van der Waals surface area contributed by atoms with Crippen LogP contribution in [0.1, 0.15) is 16.7 Å². The van der Waals surface area contributed by atoms with Gasteiger partial charge in [-0.15, -0.1) is 0 Å². The Labute approximate surface area is 102 Å². The third-order valence-corrected chi connectivity index (χ3v) is 2.86. The lowest BCUT2D eigenvalue weighted by Crippen LogP contribution is -2.33. The van der Waals surface area contributed by atoms with Gasteiger partial charge in [-0.3, -0.25) is 9.36 Å². The van der Waals surface area contributed by atoms with E-state index >= 15 is 0 Å². The van der Waals surface area contributed by atoms with Gasteiger partial charge in [0.2, 0.25) is 0 Å². The lowest BCUT2D eigenvalue weighted by Gasteiger charge is -2.17. The third kappa shape index (κ3) is 1.82. The molecule has 0 unspecified atom stereocenters. The first-order chi connectivity index (χ1) is 8.47. The lowest BCUT2D eigenvalue weighted by molar-refractivity contribution is -0.0518. The van der Waals surface area contributed by atoms with Crippen LogP contribution in [0.3, 0.4) is 0 Å². The van der Waals surface area contributed by atoms with E-state index in [0.29, 0.717) is 0 Å². The largest absolute Gasteiger partial charge is 0.394 e. The first kappa shape index (κ1) is 12.8. The fourth-order valence-electron chi connectivity index (χ4n) is 1.87. The Hall–Kier alpha value is -1.68. The van der Waals surface area contributed by atoms with Gasteiger partial charge < -0.3 is 31.5 Å². The number of rotatable bonds is 3. The minimum atomic E-state index is -1.29. The van der Waals surface area contributed by atoms with E-state index in [1.54, 1.807) is 0 Å². The number of ether oxygens (including phenoxy) is 1. The molecule has 0 radical (unpaired) electrons. The predicted octanol–water partition coefficient (Wildman–Crippen LogP) is -2.82. The molecule has 0 aliphatic carbocycles. The summed E-state index contributed by atoms with van der Waals surface area (Å²) < 4.78 is 6.42. The number of nitrogen functional groups attached to an aromatic ring is 1. The third-order valence-electron chi connectivity index (χ3n) is 2.86. The normalized spacial score (nSPS) is 31.7. The molecule has 1 fully saturated rings. The molecule has 1 aromatic rings. The van der Waals surface area contributed by atoms with E-state index in [0.717, 1.165) is 0 Å². The highest BCUT2D eigenvalue weighted by atomic mass is 16.6. The molecule has 0 bridgehead atoms. The van der Waals surface area contributed by atoms with Crippen LogP contribution in [0, 0.1) is 0 Å². The Bertz CT molecular complexity index is 462. The van der Waals surface area contributed by atoms with Crippen molar-refractivity contribution in [3.05, 3.63) is 12.0 Å². The second kappa shape index (κ2) is 4.53. The van der Waals surface area contributed by atoms with Crippen molar-refractivity contribution in [3.8, 4) is 0 Å². The van der Waals surface area contributed by atoms with Crippen LogP contribution < -0.4 is 11.5 Å². The second-order valence-electron chi connectivity index (χ2n) is 3.98. The number of nitrogens with two attached hydrogens (primary N) is 2. The van der Waals surface area contributed by atoms with Gasteiger partial charge in [-0.05, 0) is 0 Å². The Balaban J connectivity index is 2.30. The van der Waals surface area contributed by atoms with Crippen LogP contribution in [0.25, 0.3) is 0 Å². The Morgan fingerprint density at radius 3 is 2.61 bits per heavy atom. The number of hydrogen-bond donors (Lipinski definition) is 5. The van der Waals surface area contributed by atoms with Crippen LogP contribution in [0.2, 0.25) is 0 Å². The van der Waals surface area contributed by atoms with Gasteiger partial charge in [-0.1, -0.05) is 0 Å². The number of aromatic nitrogens is 2. The SMILES string of the molecule is NC(=O)c1ncn([C@@H]2O[C@H](CO)[C@H](O)[C@@H]2O)c1N. The van der Waals surface area contributed by atoms with Gasteiger partial charge in [0.1, 0.15) is 24.1 Å². The topological polar surface area (TPSA) is 157 Å². The highest BCUT2D eigenvalue weighted by Crippen LogP contribution is 2.31. The molecule has 7 N–H and O–H groups in total. The molecule has 1 aliphatic heterocycles. The molecule has 18 heavy (non-hydrogen) atoms. The number of carbonyl (C=O) groups excluding carboxylic acids is 1. The number of anilines is 1. The van der Waals surface area contributed by atoms with Gasteiger partial charge in [-0.25, -0.2) is 4.98 Å². The van der Waals surface area contributed by atoms with E-state index in [1.165, 1.54) is 10.9 Å². The maximum atomic E-state index is 11.0. The van der Waals surface area contributed by atoms with E-state index in [2.05, 4.69) is 4.98 Å². The Morgan fingerprint density at radius 1 is 1.50 bits per heavy atom. The molecule has 0 saturated carbocycles. The molecule has 1 saturated heterocycles. The number of primary amides is 1. The first-order valence-corrected chi connectivity index (χ1v) is 5.22. The van der Waals surface area contributed by atoms with Crippen LogP contribution in [0.5, 0.6) is 0 Å². The number of nitrogens with zero attached hydrogens (tertiary/aromatic N) is 2. The maximum Gasteiger partial charge on any atom is 0.271 e. The van der Waals surface area contributed by atoms with Gasteiger partial charge in [-0.2, -0.15) is 0 Å². The average Bonchev–Trinajstić information content (AvgIpc) is 2.82. The van der Waals surface area contributed by atoms with Crippen molar-refractivity contribution in [1.82, 2.24) is 9.55 Å². The van der Waals surface area contributed by atoms with Crippen molar-refractivity contribution < 1.29 is 24.9 Å². The summed E-state index contributed by atoms with van der Waals surface area (Å²) in [6, 6.07) is 0. The van der Waals surface area contributed by atoms with Crippen molar-refractivity contribution in [2.45, 2.75) is 24.5 Å². The zero-order valence-electron chi connectivity index (χ0n) is 9.30. The summed E-state index contributed by atoms with van der Waals surface area (Å²) in [5.41, 5.74) is 10.6. The van der Waals surface area contributed by atoms with E-state index in [4.69, 9.17) is 21.3 Å². The number of hydrogen-bond acceptors (Lipinski definition) is 7. The summed E-state index contributed by atoms with van der Waals surface area (Å²) in [7, 11) is 0. The molecule has 9 nitrogen and oxygen atoms in total. The highest BCUT2D eigenvalue weighted by molar-refractivity contribution is 5.95. The zero-order chi connectivity index (χ0) is 13.4. The molecule has 1 aliphatic rings. The molecule has 2 rings (SSSR count). The van der Waals surface area contributed by atoms with E-state index < -0.39 is 37.1 Å². The molecular formula is C9H14N4O5. The molecule has 1 amide bonds. The zero-order valence-corrected chi connectivity index (χ0v) is 9.30. The minimum absolute atomic E-state index is 0.0719. The van der Waals surface area contributed by atoms with Gasteiger partial charge in [0.15, 0.2) is 11.9 Å². The second-order valence-corrected chi connectivity index (χ2v) is 3.98. The Morgan fingerprint density at radius 2 is 2.17 bits per heavy atom. The number of aliphatic hydroxyl groups is 3. The van der Waals surface area contributed by atoms with Crippen LogP contribution >= 0.6 is 0 Å². The van der Waals surface area contributed by atoms with Crippen LogP contribution in [-0.2, 0) is 4.74 Å². The summed E-state index contributed by atoms with van der Waals surface area (Å²) in [6.07, 6.45) is -3.32. The summed E-state index contributed by atoms with van der Waals surface area (Å²) in [5.74, 6) is -0.879. The quantitative estimate of drug-likeness (QED) is 0.391. The summed E-state index contributed by atoms with van der Waals surface area (Å²) in [4.78, 5) is 14.7. The number of imidazole rings is 1. The van der Waals surface area contributed by atoms with Gasteiger partial charge in [0.25, 0.3) is 5.91 Å². The fraction of sp³-hybridized carbons (Fsp3) is 0.556. The van der Waals surface area contributed by atoms with Crippen LogP contribution in [-0.4, -0.2) is 55.7 Å². The Kier molecular flexibility index (Phi) is 3.22. The van der Waals surface area contributed by atoms with E-state index in [9.17, 15) is 15.0 Å². The minimum Gasteiger partial charge on any atom is -0.394 e. The van der Waals surface area contributed by atoms with Crippen molar-refractivity contribution in [3.63, 3.8) is 0 Å². The number of carbonyl (C=O) groups is 1. The standard InChI is InChI=1S/C9H14N4O5/c10-7-4(8(11)17)12-2-13(7)9-6(16)5(15)3(1-14)18-9/h2-3,5-6,9,14-16H,1,10H2,(H2,11,17)/t3-,5+,6+,9-/m1/s1. The molecule has 1 aromatic heterocycles. The maximum absolute atomic E-state index is 11.0. The summed E-state index contributed by atoms with van der Waals surface area (Å²) in [5, 5.41) is 28.3. The molecule has 2 heterocycles. The van der Waals surface area contributed by atoms with Crippen molar-refractivity contribution in [2.75, 3.05) is 12.3 Å². The van der Waals surface area contributed by atoms with Crippen LogP contribution in [0.15, 0.2) is 6.33 Å². The lowest BCUT2D eigenvalue weighted by atomic mass is 10.1. The molecule has 4 atom stereocenters. The van der Waals surface area contributed by atoms with Crippen LogP contribution in [0.4, 0.5) is 5.82 Å². The summed E-state index contributed by atoms with van der Waals surface area (Å²) >= 11 is 0.